The third-order valence-electron chi connectivity index (χ3n) is 5.22. The monoisotopic (exact) mass is 440 g/mol. The fourth-order valence-electron chi connectivity index (χ4n) is 3.50. The van der Waals surface area contributed by atoms with Crippen molar-refractivity contribution in [3.05, 3.63) is 84.1 Å². The van der Waals surface area contributed by atoms with Crippen molar-refractivity contribution >= 4 is 15.9 Å². The van der Waals surface area contributed by atoms with Gasteiger partial charge >= 0.3 is 0 Å². The van der Waals surface area contributed by atoms with Gasteiger partial charge in [-0.3, -0.25) is 14.7 Å². The second-order valence-corrected chi connectivity index (χ2v) is 9.12. The van der Waals surface area contributed by atoms with Gasteiger partial charge in [0.2, 0.25) is 10.0 Å². The van der Waals surface area contributed by atoms with E-state index in [9.17, 15) is 13.2 Å². The number of aromatic nitrogens is 1. The molecule has 1 saturated heterocycles. The Morgan fingerprint density at radius 2 is 1.81 bits per heavy atom. The van der Waals surface area contributed by atoms with Crippen LogP contribution in [0.5, 0.6) is 0 Å². The summed E-state index contributed by atoms with van der Waals surface area (Å²) in [5, 5.41) is 0. The molecular weight excluding hydrogens is 416 g/mol. The van der Waals surface area contributed by atoms with Crippen LogP contribution in [-0.4, -0.2) is 55.3 Å². The zero-order chi connectivity index (χ0) is 21.7. The second kappa shape index (κ2) is 9.42. The van der Waals surface area contributed by atoms with Crippen LogP contribution in [0.4, 0.5) is 0 Å². The van der Waals surface area contributed by atoms with Gasteiger partial charge in [-0.25, -0.2) is 13.1 Å². The normalized spacial score (nSPS) is 15.2. The first-order valence-electron chi connectivity index (χ1n) is 10.0. The first kappa shape index (κ1) is 21.2. The number of carbonyl (C=O) groups excluding carboxylic acids is 1. The first-order valence-corrected chi connectivity index (χ1v) is 11.5. The summed E-state index contributed by atoms with van der Waals surface area (Å²) >= 11 is 0. The molecule has 3 aromatic rings. The summed E-state index contributed by atoms with van der Waals surface area (Å²) in [6, 6.07) is 13.5. The van der Waals surface area contributed by atoms with E-state index in [4.69, 9.17) is 4.42 Å². The molecule has 1 amide bonds. The fraction of sp³-hybridized carbons (Fsp3) is 0.273. The summed E-state index contributed by atoms with van der Waals surface area (Å²) in [7, 11) is -3.76. The lowest BCUT2D eigenvalue weighted by Crippen LogP contribution is -2.48. The van der Waals surface area contributed by atoms with Gasteiger partial charge in [-0.1, -0.05) is 6.07 Å². The molecule has 0 bridgehead atoms. The maximum atomic E-state index is 13.0. The highest BCUT2D eigenvalue weighted by atomic mass is 32.2. The Labute approximate surface area is 181 Å². The number of hydrogen-bond donors (Lipinski definition) is 1. The summed E-state index contributed by atoms with van der Waals surface area (Å²) < 4.78 is 32.9. The molecule has 0 unspecified atom stereocenters. The minimum Gasteiger partial charge on any atom is -0.468 e. The number of benzene rings is 1. The highest BCUT2D eigenvalue weighted by molar-refractivity contribution is 7.89. The molecule has 0 saturated carbocycles. The van der Waals surface area contributed by atoms with Crippen molar-refractivity contribution in [3.63, 3.8) is 0 Å². The molecule has 4 rings (SSSR count). The van der Waals surface area contributed by atoms with E-state index < -0.39 is 10.0 Å². The smallest absolute Gasteiger partial charge is 0.253 e. The van der Waals surface area contributed by atoms with Gasteiger partial charge in [-0.15, -0.1) is 0 Å². The summed E-state index contributed by atoms with van der Waals surface area (Å²) in [5.74, 6) is 0.354. The van der Waals surface area contributed by atoms with E-state index in [-0.39, 0.29) is 17.3 Å². The molecule has 3 heterocycles. The van der Waals surface area contributed by atoms with E-state index in [2.05, 4.69) is 14.6 Å². The molecular formula is C22H24N4O4S. The van der Waals surface area contributed by atoms with Gasteiger partial charge in [0.25, 0.3) is 5.91 Å². The molecule has 1 aliphatic heterocycles. The lowest BCUT2D eigenvalue weighted by molar-refractivity contribution is 0.0628. The van der Waals surface area contributed by atoms with Crippen molar-refractivity contribution in [1.82, 2.24) is 19.5 Å². The number of rotatable bonds is 7. The summed E-state index contributed by atoms with van der Waals surface area (Å²) in [6.07, 6.45) is 5.04. The molecule has 2 aromatic heterocycles. The first-order chi connectivity index (χ1) is 15.0. The van der Waals surface area contributed by atoms with Crippen LogP contribution in [0.25, 0.3) is 0 Å². The maximum Gasteiger partial charge on any atom is 0.253 e. The topological polar surface area (TPSA) is 95.7 Å². The third-order valence-corrected chi connectivity index (χ3v) is 6.62. The number of nitrogens with zero attached hydrogens (tertiary/aromatic N) is 3. The van der Waals surface area contributed by atoms with E-state index in [1.54, 1.807) is 41.6 Å². The maximum absolute atomic E-state index is 13.0. The van der Waals surface area contributed by atoms with Gasteiger partial charge in [-0.05, 0) is 48.0 Å². The molecule has 1 N–H and O–H groups in total. The van der Waals surface area contributed by atoms with Crippen molar-refractivity contribution in [2.24, 2.45) is 0 Å². The molecule has 0 atom stereocenters. The standard InChI is InChI=1S/C22H24N4O4S/c27-22(26-12-10-25(11-13-26)17-18-6-8-23-9-7-18)19-3-1-5-21(15-19)31(28,29)24-16-20-4-2-14-30-20/h1-9,14-15,24H,10-13,16-17H2. The Hall–Kier alpha value is -3.01. The lowest BCUT2D eigenvalue weighted by atomic mass is 10.1. The van der Waals surface area contributed by atoms with Crippen LogP contribution in [0.3, 0.4) is 0 Å². The molecule has 0 aliphatic carbocycles. The molecule has 0 spiro atoms. The molecule has 1 aliphatic rings. The number of pyridine rings is 1. The SMILES string of the molecule is O=C(c1cccc(S(=O)(=O)NCc2ccco2)c1)N1CCN(Cc2ccncc2)CC1. The van der Waals surface area contributed by atoms with Crippen molar-refractivity contribution in [3.8, 4) is 0 Å². The van der Waals surface area contributed by atoms with Gasteiger partial charge in [0.15, 0.2) is 0 Å². The van der Waals surface area contributed by atoms with Crippen LogP contribution in [0.15, 0.2) is 76.5 Å². The number of nitrogens with one attached hydrogen (secondary N) is 1. The number of furan rings is 1. The van der Waals surface area contributed by atoms with E-state index in [1.165, 1.54) is 24.0 Å². The van der Waals surface area contributed by atoms with Gasteiger partial charge < -0.3 is 9.32 Å². The summed E-state index contributed by atoms with van der Waals surface area (Å²) in [6.45, 7) is 3.58. The molecule has 0 radical (unpaired) electrons. The van der Waals surface area contributed by atoms with Gasteiger partial charge in [0, 0.05) is 50.7 Å². The highest BCUT2D eigenvalue weighted by Crippen LogP contribution is 2.16. The Morgan fingerprint density at radius 1 is 1.03 bits per heavy atom. The zero-order valence-corrected chi connectivity index (χ0v) is 17.8. The number of sulfonamides is 1. The number of carbonyl (C=O) groups is 1. The predicted octanol–water partition coefficient (Wildman–Crippen LogP) is 2.11. The molecule has 162 valence electrons. The van der Waals surface area contributed by atoms with E-state index >= 15 is 0 Å². The average molecular weight is 441 g/mol. The largest absolute Gasteiger partial charge is 0.468 e. The summed E-state index contributed by atoms with van der Waals surface area (Å²) in [4.78, 5) is 21.1. The molecule has 31 heavy (non-hydrogen) atoms. The van der Waals surface area contributed by atoms with Crippen molar-refractivity contribution < 1.29 is 17.6 Å². The van der Waals surface area contributed by atoms with E-state index in [1.807, 2.05) is 12.1 Å². The number of hydrogen-bond acceptors (Lipinski definition) is 6. The summed E-state index contributed by atoms with van der Waals surface area (Å²) in [5.41, 5.74) is 1.55. The van der Waals surface area contributed by atoms with Crippen molar-refractivity contribution in [2.75, 3.05) is 26.2 Å². The molecule has 8 nitrogen and oxygen atoms in total. The molecule has 9 heteroatoms. The van der Waals surface area contributed by atoms with Crippen LogP contribution in [0.1, 0.15) is 21.7 Å². The minimum atomic E-state index is -3.76. The quantitative estimate of drug-likeness (QED) is 0.605. The Kier molecular flexibility index (Phi) is 6.45. The van der Waals surface area contributed by atoms with E-state index in [0.29, 0.717) is 24.4 Å². The second-order valence-electron chi connectivity index (χ2n) is 7.36. The van der Waals surface area contributed by atoms with Crippen LogP contribution in [0.2, 0.25) is 0 Å². The van der Waals surface area contributed by atoms with Gasteiger partial charge in [0.05, 0.1) is 17.7 Å². The van der Waals surface area contributed by atoms with Gasteiger partial charge in [0.1, 0.15) is 5.76 Å². The molecule has 1 aromatic carbocycles. The fourth-order valence-corrected chi connectivity index (χ4v) is 4.54. The Bertz CT molecular complexity index is 1110. The van der Waals surface area contributed by atoms with Crippen LogP contribution < -0.4 is 4.72 Å². The highest BCUT2D eigenvalue weighted by Gasteiger charge is 2.23. The van der Waals surface area contributed by atoms with E-state index in [0.717, 1.165) is 19.6 Å². The van der Waals surface area contributed by atoms with Gasteiger partial charge in [-0.2, -0.15) is 0 Å². The molecule has 1 fully saturated rings. The predicted molar refractivity (Wildman–Crippen MR) is 115 cm³/mol. The average Bonchev–Trinajstić information content (AvgIpc) is 3.33. The lowest BCUT2D eigenvalue weighted by Gasteiger charge is -2.34. The van der Waals surface area contributed by atoms with Crippen LogP contribution >= 0.6 is 0 Å². The van der Waals surface area contributed by atoms with Crippen LogP contribution in [0, 0.1) is 0 Å². The number of amides is 1. The minimum absolute atomic E-state index is 0.0486. The Morgan fingerprint density at radius 3 is 2.52 bits per heavy atom. The van der Waals surface area contributed by atoms with Crippen molar-refractivity contribution in [1.29, 1.82) is 0 Å². The van der Waals surface area contributed by atoms with Crippen LogP contribution in [-0.2, 0) is 23.1 Å². The van der Waals surface area contributed by atoms with Crippen molar-refractivity contribution in [2.45, 2.75) is 18.0 Å². The third kappa shape index (κ3) is 5.38. The number of piperazine rings is 1. The zero-order valence-electron chi connectivity index (χ0n) is 17.0. The Balaban J connectivity index is 1.37.